The van der Waals surface area contributed by atoms with Gasteiger partial charge in [-0.3, -0.25) is 19.3 Å². The van der Waals surface area contributed by atoms with E-state index < -0.39 is 193 Å². The minimum atomic E-state index is -1.98. The van der Waals surface area contributed by atoms with Crippen LogP contribution in [0.25, 0.3) is 0 Å². The SMILES string of the molecule is C[C@@H]1O[C@@H](OCCNC(=O)CN(CC(=O)NCCCCCNC(=O)OCc2ccccc2)CC(=O)NCCO[C@H]2O[C@H](CO[C@H]3O[C@H](CO)[C@@H](O)[C@H](O)[C@@H]3O)[C@@H](O)[C@H](O[C@H]3O[C@H](CO)[C@@H](O)[C@H](O)[C@@H]3O)[C@@H]2O)[C@@H](O)[C@H](O)[C@@H]1O. The van der Waals surface area contributed by atoms with E-state index in [0.29, 0.717) is 25.8 Å². The van der Waals surface area contributed by atoms with Crippen LogP contribution in [0.15, 0.2) is 30.3 Å². The highest BCUT2D eigenvalue weighted by atomic mass is 16.8. The Balaban J connectivity index is 1.14. The van der Waals surface area contributed by atoms with Gasteiger partial charge in [-0.2, -0.15) is 0 Å². The molecule has 1 aromatic rings. The average Bonchev–Trinajstić information content (AvgIpc) is 3.44. The molecule has 17 N–H and O–H groups in total. The minimum Gasteiger partial charge on any atom is -0.445 e. The third-order valence-corrected chi connectivity index (χ3v) is 13.0. The monoisotopic (exact) mass is 1130 g/mol. The predicted octanol–water partition coefficient (Wildman–Crippen LogP) is -8.96. The second kappa shape index (κ2) is 32.5. The van der Waals surface area contributed by atoms with E-state index in [1.807, 2.05) is 30.3 Å². The van der Waals surface area contributed by atoms with E-state index >= 15 is 0 Å². The number of carbonyl (C=O) groups excluding carboxylic acids is 4. The maximum Gasteiger partial charge on any atom is 0.407 e. The van der Waals surface area contributed by atoms with Crippen molar-refractivity contribution in [3.63, 3.8) is 0 Å². The van der Waals surface area contributed by atoms with Crippen LogP contribution in [0.5, 0.6) is 0 Å². The number of alkyl carbamates (subject to hydrolysis) is 1. The molecule has 4 aliphatic rings. The van der Waals surface area contributed by atoms with Crippen molar-refractivity contribution in [1.82, 2.24) is 26.2 Å². The molecule has 31 nitrogen and oxygen atoms in total. The Morgan fingerprint density at radius 2 is 0.962 bits per heavy atom. The molecule has 0 bridgehead atoms. The summed E-state index contributed by atoms with van der Waals surface area (Å²) in [4.78, 5) is 52.8. The Morgan fingerprint density at radius 1 is 0.500 bits per heavy atom. The van der Waals surface area contributed by atoms with Crippen molar-refractivity contribution in [3.8, 4) is 0 Å². The van der Waals surface area contributed by atoms with Gasteiger partial charge < -0.3 is 130 Å². The number of rotatable bonds is 29. The summed E-state index contributed by atoms with van der Waals surface area (Å²) in [5, 5.41) is 145. The van der Waals surface area contributed by atoms with Gasteiger partial charge >= 0.3 is 6.09 Å². The van der Waals surface area contributed by atoms with Crippen molar-refractivity contribution in [2.24, 2.45) is 0 Å². The van der Waals surface area contributed by atoms with Crippen LogP contribution >= 0.6 is 0 Å². The van der Waals surface area contributed by atoms with Crippen molar-refractivity contribution in [3.05, 3.63) is 35.9 Å². The highest BCUT2D eigenvalue weighted by molar-refractivity contribution is 5.84. The molecule has 5 rings (SSSR count). The quantitative estimate of drug-likeness (QED) is 0.0331. The molecule has 4 heterocycles. The molecule has 0 aliphatic carbocycles. The average molecular weight is 1130 g/mol. The summed E-state index contributed by atoms with van der Waals surface area (Å²) >= 11 is 0. The van der Waals surface area contributed by atoms with Gasteiger partial charge in [-0.05, 0) is 31.7 Å². The zero-order valence-electron chi connectivity index (χ0n) is 42.8. The zero-order chi connectivity index (χ0) is 57.1. The number of ether oxygens (including phenoxy) is 9. The number of benzene rings is 1. The van der Waals surface area contributed by atoms with Gasteiger partial charge in [0.25, 0.3) is 0 Å². The molecule has 4 amide bonds. The third kappa shape index (κ3) is 19.1. The van der Waals surface area contributed by atoms with Gasteiger partial charge in [-0.15, -0.1) is 0 Å². The molecular formula is C47H77N5O26. The number of hydrogen-bond acceptors (Lipinski definition) is 27. The largest absolute Gasteiger partial charge is 0.445 e. The summed E-state index contributed by atoms with van der Waals surface area (Å²) in [6, 6.07) is 9.15. The predicted molar refractivity (Wildman–Crippen MR) is 257 cm³/mol. The molecule has 4 aliphatic heterocycles. The lowest BCUT2D eigenvalue weighted by molar-refractivity contribution is -0.366. The van der Waals surface area contributed by atoms with Crippen LogP contribution in [0.1, 0.15) is 31.7 Å². The fourth-order valence-corrected chi connectivity index (χ4v) is 8.51. The van der Waals surface area contributed by atoms with E-state index in [0.717, 1.165) is 5.56 Å². The first-order valence-electron chi connectivity index (χ1n) is 25.5. The van der Waals surface area contributed by atoms with Gasteiger partial charge in [0, 0.05) is 26.2 Å². The molecule has 446 valence electrons. The molecule has 0 aromatic heterocycles. The van der Waals surface area contributed by atoms with E-state index in [4.69, 9.17) is 42.6 Å². The second-order valence-electron chi connectivity index (χ2n) is 19.0. The fraction of sp³-hybridized carbons (Fsp3) is 0.787. The van der Waals surface area contributed by atoms with Crippen molar-refractivity contribution in [2.75, 3.05) is 78.8 Å². The van der Waals surface area contributed by atoms with Crippen molar-refractivity contribution < 1.29 is 128 Å². The van der Waals surface area contributed by atoms with Crippen LogP contribution in [-0.2, 0) is 63.6 Å². The first kappa shape index (κ1) is 64.8. The number of aliphatic hydroxyl groups is 13. The summed E-state index contributed by atoms with van der Waals surface area (Å²) < 4.78 is 49.5. The van der Waals surface area contributed by atoms with E-state index in [-0.39, 0.29) is 32.8 Å². The van der Waals surface area contributed by atoms with E-state index in [1.165, 1.54) is 11.8 Å². The Bertz CT molecular complexity index is 1950. The van der Waals surface area contributed by atoms with Crippen LogP contribution in [0.4, 0.5) is 4.79 Å². The first-order valence-corrected chi connectivity index (χ1v) is 25.5. The molecule has 0 radical (unpaired) electrons. The molecule has 4 saturated heterocycles. The molecule has 0 unspecified atom stereocenters. The van der Waals surface area contributed by atoms with E-state index in [1.54, 1.807) is 0 Å². The highest BCUT2D eigenvalue weighted by Crippen LogP contribution is 2.31. The Kier molecular flexibility index (Phi) is 27.0. The van der Waals surface area contributed by atoms with Crippen LogP contribution in [0.2, 0.25) is 0 Å². The summed E-state index contributed by atoms with van der Waals surface area (Å²) in [5.74, 6) is -1.91. The number of unbranched alkanes of at least 4 members (excludes halogenated alkanes) is 2. The van der Waals surface area contributed by atoms with Crippen molar-refractivity contribution >= 4 is 23.8 Å². The van der Waals surface area contributed by atoms with Gasteiger partial charge in [0.15, 0.2) is 25.2 Å². The molecule has 1 aromatic carbocycles. The lowest BCUT2D eigenvalue weighted by Crippen LogP contribution is -2.65. The second-order valence-corrected chi connectivity index (χ2v) is 19.0. The molecule has 78 heavy (non-hydrogen) atoms. The lowest BCUT2D eigenvalue weighted by atomic mass is 9.96. The van der Waals surface area contributed by atoms with Crippen LogP contribution in [0.3, 0.4) is 0 Å². The number of nitrogens with zero attached hydrogens (tertiary/aromatic N) is 1. The summed E-state index contributed by atoms with van der Waals surface area (Å²) in [7, 11) is 0. The number of aliphatic hydroxyl groups excluding tert-OH is 13. The molecule has 0 saturated carbocycles. The number of amides is 4. The van der Waals surface area contributed by atoms with Gasteiger partial charge in [0.05, 0.1) is 58.8 Å². The summed E-state index contributed by atoms with van der Waals surface area (Å²) in [6.45, 7) is -2.74. The maximum absolute atomic E-state index is 13.3. The standard InChI is InChI=1S/C47H77N5O26/c1-23-31(58)35(62)38(65)43(74-23)70-14-12-49-29(56)17-52(16-28(55)48-10-6-3-7-11-51-47(69)73-21-24-8-4-2-5-9-24)18-30(57)50-13-15-71-45-41(68)42(78-46-40(67)37(64)33(60)26(20-54)76-46)34(61)27(77-45)22-72-44-39(66)36(63)32(59)25(19-53)75-44/h2,4-5,8-9,23,25-27,31-46,53-54,58-68H,3,6-7,10-22H2,1H3,(H,48,55)(H,49,56)(H,50,57)(H,51,69)/t23-,25+,26+,27+,31+,32+,33+,34+,35+,36-,37-,38-,39-,40-,41-,42-,43+,44-,45-,46+/m0/s1. The van der Waals surface area contributed by atoms with E-state index in [9.17, 15) is 85.6 Å². The summed E-state index contributed by atoms with van der Waals surface area (Å²) in [5.41, 5.74) is 0.836. The van der Waals surface area contributed by atoms with E-state index in [2.05, 4.69) is 21.3 Å². The highest BCUT2D eigenvalue weighted by Gasteiger charge is 2.52. The normalized spacial score (nSPS) is 35.2. The van der Waals surface area contributed by atoms with Gasteiger partial charge in [0.1, 0.15) is 98.2 Å². The Morgan fingerprint density at radius 3 is 1.51 bits per heavy atom. The molecule has 0 spiro atoms. The van der Waals surface area contributed by atoms with Crippen LogP contribution < -0.4 is 21.3 Å². The van der Waals surface area contributed by atoms with Crippen LogP contribution in [-0.4, -0.2) is 297 Å². The van der Waals surface area contributed by atoms with Crippen molar-refractivity contribution in [1.29, 1.82) is 0 Å². The maximum atomic E-state index is 13.3. The number of carbonyl (C=O) groups is 4. The van der Waals surface area contributed by atoms with Gasteiger partial charge in [0.2, 0.25) is 17.7 Å². The smallest absolute Gasteiger partial charge is 0.407 e. The molecule has 31 heteroatoms. The summed E-state index contributed by atoms with van der Waals surface area (Å²) in [6.07, 6.45) is -32.0. The zero-order valence-corrected chi connectivity index (χ0v) is 42.8. The Hall–Kier alpha value is -3.98. The van der Waals surface area contributed by atoms with Gasteiger partial charge in [-0.25, -0.2) is 4.79 Å². The first-order chi connectivity index (χ1) is 37.2. The third-order valence-electron chi connectivity index (χ3n) is 13.0. The van der Waals surface area contributed by atoms with Crippen molar-refractivity contribution in [2.45, 2.75) is 156 Å². The molecule has 20 atom stereocenters. The molecule has 4 fully saturated rings. The van der Waals surface area contributed by atoms with Gasteiger partial charge in [-0.1, -0.05) is 30.3 Å². The number of hydrogen-bond donors (Lipinski definition) is 17. The minimum absolute atomic E-state index is 0.117. The topological polar surface area (TPSA) is 466 Å². The number of nitrogens with one attached hydrogen (secondary N) is 4. The van der Waals surface area contributed by atoms with Crippen LogP contribution in [0, 0.1) is 0 Å². The lowest BCUT2D eigenvalue weighted by Gasteiger charge is -2.46. The fourth-order valence-electron chi connectivity index (χ4n) is 8.51. The molecular weight excluding hydrogens is 1050 g/mol. The Labute approximate surface area is 447 Å².